The molecular formula is C32H38ClN3O6S. The Bertz CT molecular complexity index is 1500. The highest BCUT2D eigenvalue weighted by atomic mass is 35.5. The van der Waals surface area contributed by atoms with Crippen molar-refractivity contribution >= 4 is 39.1 Å². The van der Waals surface area contributed by atoms with E-state index in [9.17, 15) is 18.0 Å². The number of nitrogens with zero attached hydrogens (tertiary/aromatic N) is 2. The maximum Gasteiger partial charge on any atom is 0.243 e. The summed E-state index contributed by atoms with van der Waals surface area (Å²) >= 11 is 6.11. The third-order valence-electron chi connectivity index (χ3n) is 7.02. The van der Waals surface area contributed by atoms with Crippen molar-refractivity contribution in [3.63, 3.8) is 0 Å². The van der Waals surface area contributed by atoms with Gasteiger partial charge in [0.15, 0.2) is 11.5 Å². The lowest BCUT2D eigenvalue weighted by molar-refractivity contribution is -0.141. The lowest BCUT2D eigenvalue weighted by atomic mass is 10.0. The lowest BCUT2D eigenvalue weighted by Gasteiger charge is -2.32. The number of amides is 2. The third-order valence-corrected chi connectivity index (χ3v) is 8.46. The van der Waals surface area contributed by atoms with Crippen LogP contribution in [0.2, 0.25) is 5.02 Å². The zero-order valence-corrected chi connectivity index (χ0v) is 26.2. The summed E-state index contributed by atoms with van der Waals surface area (Å²) in [4.78, 5) is 29.1. The molecule has 0 spiro atoms. The van der Waals surface area contributed by atoms with Crippen LogP contribution in [0.5, 0.6) is 11.5 Å². The van der Waals surface area contributed by atoms with Crippen molar-refractivity contribution in [2.45, 2.75) is 45.7 Å². The number of sulfonamides is 1. The van der Waals surface area contributed by atoms with Crippen LogP contribution in [-0.4, -0.2) is 57.3 Å². The molecule has 0 saturated carbocycles. The Morgan fingerprint density at radius 2 is 1.65 bits per heavy atom. The largest absolute Gasteiger partial charge is 0.454 e. The van der Waals surface area contributed by atoms with Gasteiger partial charge in [-0.3, -0.25) is 13.9 Å². The van der Waals surface area contributed by atoms with E-state index in [1.807, 2.05) is 56.3 Å². The van der Waals surface area contributed by atoms with E-state index in [0.717, 1.165) is 17.4 Å². The molecule has 4 rings (SSSR count). The second-order valence-corrected chi connectivity index (χ2v) is 13.3. The van der Waals surface area contributed by atoms with Crippen LogP contribution in [0.3, 0.4) is 0 Å². The van der Waals surface area contributed by atoms with Crippen molar-refractivity contribution in [3.8, 4) is 11.5 Å². The molecule has 43 heavy (non-hydrogen) atoms. The van der Waals surface area contributed by atoms with Crippen molar-refractivity contribution in [1.29, 1.82) is 0 Å². The van der Waals surface area contributed by atoms with Crippen molar-refractivity contribution in [3.05, 3.63) is 88.9 Å². The molecule has 0 radical (unpaired) electrons. The SMILES string of the molecule is CC(C)CNC(=O)[C@H](Cc1ccccc1)N(Cc1ccc(Cl)cc1)C(=O)CCCN(c1ccc2c(c1)OCO2)S(C)(=O)=O. The minimum Gasteiger partial charge on any atom is -0.454 e. The van der Waals surface area contributed by atoms with Gasteiger partial charge in [-0.1, -0.05) is 67.9 Å². The molecule has 3 aromatic rings. The highest BCUT2D eigenvalue weighted by Gasteiger charge is 2.31. The second-order valence-electron chi connectivity index (χ2n) is 11.0. The van der Waals surface area contributed by atoms with Gasteiger partial charge in [-0.05, 0) is 47.7 Å². The summed E-state index contributed by atoms with van der Waals surface area (Å²) < 4.78 is 37.5. The Morgan fingerprint density at radius 3 is 2.33 bits per heavy atom. The smallest absolute Gasteiger partial charge is 0.243 e. The first-order valence-electron chi connectivity index (χ1n) is 14.2. The van der Waals surface area contributed by atoms with E-state index in [1.165, 1.54) is 4.31 Å². The number of nitrogens with one attached hydrogen (secondary N) is 1. The van der Waals surface area contributed by atoms with Crippen molar-refractivity contribution < 1.29 is 27.5 Å². The number of carbonyl (C=O) groups excluding carboxylic acids is 2. The van der Waals surface area contributed by atoms with Crippen LogP contribution in [0.1, 0.15) is 37.8 Å². The molecule has 0 aliphatic carbocycles. The van der Waals surface area contributed by atoms with E-state index < -0.39 is 16.1 Å². The molecule has 0 fully saturated rings. The monoisotopic (exact) mass is 627 g/mol. The summed E-state index contributed by atoms with van der Waals surface area (Å²) in [6, 6.07) is 20.9. The zero-order chi connectivity index (χ0) is 31.0. The molecule has 0 aromatic heterocycles. The molecule has 230 valence electrons. The highest BCUT2D eigenvalue weighted by molar-refractivity contribution is 7.92. The summed E-state index contributed by atoms with van der Waals surface area (Å²) in [6.07, 6.45) is 1.73. The van der Waals surface area contributed by atoms with E-state index in [-0.39, 0.29) is 50.5 Å². The second kappa shape index (κ2) is 14.6. The van der Waals surface area contributed by atoms with Crippen LogP contribution in [0, 0.1) is 5.92 Å². The molecule has 1 N–H and O–H groups in total. The number of carbonyl (C=O) groups is 2. The van der Waals surface area contributed by atoms with Crippen LogP contribution in [0.25, 0.3) is 0 Å². The number of hydrogen-bond donors (Lipinski definition) is 1. The number of hydrogen-bond acceptors (Lipinski definition) is 6. The van der Waals surface area contributed by atoms with Gasteiger partial charge >= 0.3 is 0 Å². The highest BCUT2D eigenvalue weighted by Crippen LogP contribution is 2.36. The Balaban J connectivity index is 1.57. The molecule has 11 heteroatoms. The van der Waals surface area contributed by atoms with Crippen molar-refractivity contribution in [2.24, 2.45) is 5.92 Å². The van der Waals surface area contributed by atoms with Gasteiger partial charge in [0.25, 0.3) is 0 Å². The van der Waals surface area contributed by atoms with Crippen LogP contribution >= 0.6 is 11.6 Å². The lowest BCUT2D eigenvalue weighted by Crippen LogP contribution is -2.51. The first-order chi connectivity index (χ1) is 20.5. The fraction of sp³-hybridized carbons (Fsp3) is 0.375. The minimum absolute atomic E-state index is 0.0346. The Labute approximate surface area is 258 Å². The predicted molar refractivity (Wildman–Crippen MR) is 168 cm³/mol. The predicted octanol–water partition coefficient (Wildman–Crippen LogP) is 5.03. The summed E-state index contributed by atoms with van der Waals surface area (Å²) in [5.41, 5.74) is 2.17. The van der Waals surface area contributed by atoms with E-state index in [0.29, 0.717) is 35.2 Å². The maximum atomic E-state index is 13.9. The van der Waals surface area contributed by atoms with Gasteiger partial charge in [0.2, 0.25) is 28.6 Å². The molecule has 3 aromatic carbocycles. The molecule has 9 nitrogen and oxygen atoms in total. The molecule has 0 bridgehead atoms. The molecular weight excluding hydrogens is 590 g/mol. The van der Waals surface area contributed by atoms with Gasteiger partial charge in [0.1, 0.15) is 6.04 Å². The van der Waals surface area contributed by atoms with Crippen molar-refractivity contribution in [1.82, 2.24) is 10.2 Å². The normalized spacial score (nSPS) is 13.0. The third kappa shape index (κ3) is 9.11. The quantitative estimate of drug-likeness (QED) is 0.269. The summed E-state index contributed by atoms with van der Waals surface area (Å²) in [5, 5.41) is 3.58. The average Bonchev–Trinajstić information content (AvgIpc) is 3.44. The summed E-state index contributed by atoms with van der Waals surface area (Å²) in [7, 11) is -3.66. The molecule has 1 aliphatic rings. The van der Waals surface area contributed by atoms with E-state index in [2.05, 4.69) is 5.32 Å². The summed E-state index contributed by atoms with van der Waals surface area (Å²) in [6.45, 7) is 4.84. The fourth-order valence-electron chi connectivity index (χ4n) is 4.81. The first kappa shape index (κ1) is 32.2. The summed E-state index contributed by atoms with van der Waals surface area (Å²) in [5.74, 6) is 0.755. The average molecular weight is 628 g/mol. The molecule has 1 atom stereocenters. The topological polar surface area (TPSA) is 105 Å². The van der Waals surface area contributed by atoms with Gasteiger partial charge in [-0.15, -0.1) is 0 Å². The van der Waals surface area contributed by atoms with Crippen LogP contribution < -0.4 is 19.1 Å². The van der Waals surface area contributed by atoms with Crippen molar-refractivity contribution in [2.75, 3.05) is 30.4 Å². The Morgan fingerprint density at radius 1 is 0.953 bits per heavy atom. The number of halogens is 1. The van der Waals surface area contributed by atoms with E-state index >= 15 is 0 Å². The number of anilines is 1. The van der Waals surface area contributed by atoms with Crippen LogP contribution in [-0.2, 0) is 32.6 Å². The minimum atomic E-state index is -3.66. The van der Waals surface area contributed by atoms with E-state index in [4.69, 9.17) is 21.1 Å². The van der Waals surface area contributed by atoms with Gasteiger partial charge in [0.05, 0.1) is 11.9 Å². The Kier molecular flexibility index (Phi) is 10.9. The van der Waals surface area contributed by atoms with Gasteiger partial charge in [-0.2, -0.15) is 0 Å². The molecule has 0 unspecified atom stereocenters. The molecule has 0 saturated heterocycles. The van der Waals surface area contributed by atoms with Gasteiger partial charge in [0, 0.05) is 43.6 Å². The maximum absolute atomic E-state index is 13.9. The molecule has 1 heterocycles. The molecule has 2 amide bonds. The van der Waals surface area contributed by atoms with Crippen LogP contribution in [0.15, 0.2) is 72.8 Å². The van der Waals surface area contributed by atoms with Gasteiger partial charge < -0.3 is 19.7 Å². The molecule has 1 aliphatic heterocycles. The Hall–Kier alpha value is -3.76. The standard InChI is InChI=1S/C32H38ClN3O6S/c1-23(2)20-34-32(38)28(18-24-8-5-4-6-9-24)35(21-25-11-13-26(33)14-12-25)31(37)10-7-17-36(43(3,39)40)27-15-16-29-30(19-27)42-22-41-29/h4-6,8-9,11-16,19,23,28H,7,10,17-18,20-22H2,1-3H3,(H,34,38)/t28-/m0/s1. The van der Waals surface area contributed by atoms with E-state index in [1.54, 1.807) is 35.2 Å². The number of rotatable bonds is 14. The number of ether oxygens (including phenoxy) is 2. The first-order valence-corrected chi connectivity index (χ1v) is 16.5. The van der Waals surface area contributed by atoms with Crippen LogP contribution in [0.4, 0.5) is 5.69 Å². The van der Waals surface area contributed by atoms with Gasteiger partial charge in [-0.25, -0.2) is 8.42 Å². The fourth-order valence-corrected chi connectivity index (χ4v) is 5.89. The number of fused-ring (bicyclic) bond motifs is 1. The number of benzene rings is 3. The zero-order valence-electron chi connectivity index (χ0n) is 24.7.